The van der Waals surface area contributed by atoms with E-state index in [-0.39, 0.29) is 0 Å². The minimum atomic E-state index is 1.24. The SMILES string of the molecule is C=C/C=C/c1ccc(/C=C/C=C)s1. The molecule has 1 aromatic rings. The van der Waals surface area contributed by atoms with Gasteiger partial charge in [-0.15, -0.1) is 11.3 Å². The van der Waals surface area contributed by atoms with Gasteiger partial charge >= 0.3 is 0 Å². The zero-order chi connectivity index (χ0) is 9.52. The first-order chi connectivity index (χ1) is 6.36. The summed E-state index contributed by atoms with van der Waals surface area (Å²) in [4.78, 5) is 2.48. The third-order valence-electron chi connectivity index (χ3n) is 1.44. The summed E-state index contributed by atoms with van der Waals surface area (Å²) in [5.74, 6) is 0. The Morgan fingerprint density at radius 2 is 1.38 bits per heavy atom. The highest BCUT2D eigenvalue weighted by Gasteiger charge is 1.91. The Hall–Kier alpha value is -1.34. The smallest absolute Gasteiger partial charge is 0.0276 e. The van der Waals surface area contributed by atoms with Crippen LogP contribution in [0.5, 0.6) is 0 Å². The molecule has 1 heterocycles. The molecule has 0 N–H and O–H groups in total. The molecule has 13 heavy (non-hydrogen) atoms. The van der Waals surface area contributed by atoms with Crippen molar-refractivity contribution >= 4 is 23.5 Å². The molecule has 0 aromatic carbocycles. The number of thiophene rings is 1. The van der Waals surface area contributed by atoms with Crippen molar-refractivity contribution in [3.05, 3.63) is 59.3 Å². The van der Waals surface area contributed by atoms with Gasteiger partial charge in [0.25, 0.3) is 0 Å². The molecule has 0 aliphatic heterocycles. The van der Waals surface area contributed by atoms with Crippen molar-refractivity contribution < 1.29 is 0 Å². The van der Waals surface area contributed by atoms with Gasteiger partial charge in [0.1, 0.15) is 0 Å². The van der Waals surface area contributed by atoms with Gasteiger partial charge < -0.3 is 0 Å². The fourth-order valence-corrected chi connectivity index (χ4v) is 1.71. The van der Waals surface area contributed by atoms with Gasteiger partial charge in [-0.25, -0.2) is 0 Å². The summed E-state index contributed by atoms with van der Waals surface area (Å²) in [7, 11) is 0. The average molecular weight is 188 g/mol. The summed E-state index contributed by atoms with van der Waals surface area (Å²) in [6.45, 7) is 7.25. The van der Waals surface area contributed by atoms with Crippen molar-refractivity contribution in [3.8, 4) is 0 Å². The largest absolute Gasteiger partial charge is 0.137 e. The monoisotopic (exact) mass is 188 g/mol. The highest BCUT2D eigenvalue weighted by molar-refractivity contribution is 7.13. The maximum atomic E-state index is 3.62. The molecule has 0 amide bonds. The minimum absolute atomic E-state index is 1.24. The van der Waals surface area contributed by atoms with Crippen LogP contribution in [-0.2, 0) is 0 Å². The van der Waals surface area contributed by atoms with E-state index in [2.05, 4.69) is 25.3 Å². The standard InChI is InChI=1S/C12H12S/c1-3-5-7-11-9-10-12(13-11)8-6-4-2/h3-10H,1-2H2/b7-5+,8-6+. The fraction of sp³-hybridized carbons (Fsp3) is 0. The molecule has 0 aliphatic rings. The van der Waals surface area contributed by atoms with Gasteiger partial charge in [0, 0.05) is 9.75 Å². The van der Waals surface area contributed by atoms with Gasteiger partial charge in [-0.1, -0.05) is 37.5 Å². The van der Waals surface area contributed by atoms with E-state index < -0.39 is 0 Å². The van der Waals surface area contributed by atoms with Crippen molar-refractivity contribution in [1.29, 1.82) is 0 Å². The van der Waals surface area contributed by atoms with Gasteiger partial charge in [-0.2, -0.15) is 0 Å². The van der Waals surface area contributed by atoms with E-state index in [1.54, 1.807) is 23.5 Å². The molecular formula is C12H12S. The van der Waals surface area contributed by atoms with E-state index in [1.165, 1.54) is 9.75 Å². The topological polar surface area (TPSA) is 0 Å². The Kier molecular flexibility index (Phi) is 4.00. The molecule has 0 unspecified atom stereocenters. The van der Waals surface area contributed by atoms with Crippen LogP contribution in [0.4, 0.5) is 0 Å². The van der Waals surface area contributed by atoms with Crippen LogP contribution in [0, 0.1) is 0 Å². The van der Waals surface area contributed by atoms with Crippen LogP contribution in [0.1, 0.15) is 9.75 Å². The van der Waals surface area contributed by atoms with Crippen molar-refractivity contribution in [1.82, 2.24) is 0 Å². The quantitative estimate of drug-likeness (QED) is 0.623. The Balaban J connectivity index is 2.74. The van der Waals surface area contributed by atoms with E-state index in [9.17, 15) is 0 Å². The molecule has 1 heteroatoms. The molecule has 0 spiro atoms. The molecule has 0 nitrogen and oxygen atoms in total. The number of rotatable bonds is 4. The highest BCUT2D eigenvalue weighted by Crippen LogP contribution is 2.19. The van der Waals surface area contributed by atoms with E-state index in [0.717, 1.165) is 0 Å². The molecular weight excluding hydrogens is 176 g/mol. The van der Waals surface area contributed by atoms with Crippen LogP contribution in [0.3, 0.4) is 0 Å². The lowest BCUT2D eigenvalue weighted by molar-refractivity contribution is 1.90. The second-order valence-corrected chi connectivity index (χ2v) is 3.58. The van der Waals surface area contributed by atoms with Crippen molar-refractivity contribution in [2.45, 2.75) is 0 Å². The van der Waals surface area contributed by atoms with Crippen LogP contribution >= 0.6 is 11.3 Å². The molecule has 66 valence electrons. The van der Waals surface area contributed by atoms with Crippen LogP contribution in [0.15, 0.2) is 49.6 Å². The van der Waals surface area contributed by atoms with E-state index in [1.807, 2.05) is 24.3 Å². The summed E-state index contributed by atoms with van der Waals surface area (Å²) >= 11 is 1.74. The van der Waals surface area contributed by atoms with Crippen LogP contribution < -0.4 is 0 Å². The lowest BCUT2D eigenvalue weighted by Crippen LogP contribution is -1.53. The average Bonchev–Trinajstić information content (AvgIpc) is 2.59. The minimum Gasteiger partial charge on any atom is -0.137 e. The lowest BCUT2D eigenvalue weighted by atomic mass is 10.3. The zero-order valence-electron chi connectivity index (χ0n) is 7.44. The Labute approximate surface area is 83.2 Å². The molecule has 0 saturated heterocycles. The van der Waals surface area contributed by atoms with Crippen LogP contribution in [0.25, 0.3) is 12.2 Å². The fourth-order valence-electron chi connectivity index (χ4n) is 0.873. The molecule has 0 atom stereocenters. The van der Waals surface area contributed by atoms with Crippen molar-refractivity contribution in [3.63, 3.8) is 0 Å². The van der Waals surface area contributed by atoms with Gasteiger partial charge in [-0.3, -0.25) is 0 Å². The van der Waals surface area contributed by atoms with Crippen LogP contribution in [0.2, 0.25) is 0 Å². The Bertz CT molecular complexity index is 307. The normalized spacial score (nSPS) is 11.1. The van der Waals surface area contributed by atoms with Crippen LogP contribution in [-0.4, -0.2) is 0 Å². The summed E-state index contributed by atoms with van der Waals surface area (Å²) in [5.41, 5.74) is 0. The maximum absolute atomic E-state index is 3.62. The predicted octanol–water partition coefficient (Wildman–Crippen LogP) is 4.15. The lowest BCUT2D eigenvalue weighted by Gasteiger charge is -1.81. The van der Waals surface area contributed by atoms with Gasteiger partial charge in [0.05, 0.1) is 0 Å². The van der Waals surface area contributed by atoms with Crippen molar-refractivity contribution in [2.75, 3.05) is 0 Å². The number of allylic oxidation sites excluding steroid dienone is 4. The first-order valence-electron chi connectivity index (χ1n) is 4.05. The third kappa shape index (κ3) is 3.26. The Morgan fingerprint density at radius 1 is 0.923 bits per heavy atom. The number of hydrogen-bond acceptors (Lipinski definition) is 1. The van der Waals surface area contributed by atoms with Gasteiger partial charge in [0.15, 0.2) is 0 Å². The highest BCUT2D eigenvalue weighted by atomic mass is 32.1. The molecule has 0 radical (unpaired) electrons. The molecule has 1 rings (SSSR count). The van der Waals surface area contributed by atoms with Gasteiger partial charge in [-0.05, 0) is 24.3 Å². The predicted molar refractivity (Wildman–Crippen MR) is 62.8 cm³/mol. The maximum Gasteiger partial charge on any atom is 0.0276 e. The van der Waals surface area contributed by atoms with E-state index in [4.69, 9.17) is 0 Å². The summed E-state index contributed by atoms with van der Waals surface area (Å²) < 4.78 is 0. The first kappa shape index (κ1) is 9.75. The molecule has 0 bridgehead atoms. The summed E-state index contributed by atoms with van der Waals surface area (Å²) in [5, 5.41) is 0. The first-order valence-corrected chi connectivity index (χ1v) is 4.86. The zero-order valence-corrected chi connectivity index (χ0v) is 8.26. The number of hydrogen-bond donors (Lipinski definition) is 0. The van der Waals surface area contributed by atoms with E-state index >= 15 is 0 Å². The third-order valence-corrected chi connectivity index (χ3v) is 2.46. The van der Waals surface area contributed by atoms with Gasteiger partial charge in [0.2, 0.25) is 0 Å². The summed E-state index contributed by atoms with van der Waals surface area (Å²) in [6, 6.07) is 4.18. The Morgan fingerprint density at radius 3 is 1.77 bits per heavy atom. The molecule has 1 aromatic heterocycles. The van der Waals surface area contributed by atoms with E-state index in [0.29, 0.717) is 0 Å². The molecule has 0 aliphatic carbocycles. The molecule has 0 saturated carbocycles. The second kappa shape index (κ2) is 5.33. The summed E-state index contributed by atoms with van der Waals surface area (Å²) in [6.07, 6.45) is 11.5. The second-order valence-electron chi connectivity index (χ2n) is 2.43. The molecule has 0 fully saturated rings. The van der Waals surface area contributed by atoms with Crippen molar-refractivity contribution in [2.24, 2.45) is 0 Å².